The number of nitrogens with two attached hydrogens (primary N) is 1. The Kier molecular flexibility index (Phi) is 5.56. The number of nitrogens with one attached hydrogen (secondary N) is 1. The molecule has 1 unspecified atom stereocenters. The summed E-state index contributed by atoms with van der Waals surface area (Å²) in [6.45, 7) is 2.44. The molecule has 0 aromatic heterocycles. The number of ether oxygens (including phenoxy) is 2. The van der Waals surface area contributed by atoms with Gasteiger partial charge in [-0.1, -0.05) is 13.3 Å². The van der Waals surface area contributed by atoms with E-state index in [4.69, 9.17) is 20.6 Å². The van der Waals surface area contributed by atoms with E-state index in [9.17, 15) is 0 Å². The molecular formula is C7H16N2O2. The number of rotatable bonds is 5. The predicted octanol–water partition coefficient (Wildman–Crippen LogP) is 0.712. The van der Waals surface area contributed by atoms with Gasteiger partial charge in [0.15, 0.2) is 0 Å². The molecule has 0 bridgehead atoms. The van der Waals surface area contributed by atoms with E-state index in [1.54, 1.807) is 7.11 Å². The fourth-order valence-corrected chi connectivity index (χ4v) is 0.774. The summed E-state index contributed by atoms with van der Waals surface area (Å²) < 4.78 is 9.85. The lowest BCUT2D eigenvalue weighted by atomic mass is 10.2. The van der Waals surface area contributed by atoms with Gasteiger partial charge < -0.3 is 15.2 Å². The van der Waals surface area contributed by atoms with Crippen LogP contribution in [-0.2, 0) is 9.47 Å². The zero-order valence-electron chi connectivity index (χ0n) is 7.09. The van der Waals surface area contributed by atoms with Gasteiger partial charge >= 0.3 is 0 Å². The van der Waals surface area contributed by atoms with Crippen LogP contribution < -0.4 is 5.73 Å². The molecule has 0 rings (SSSR count). The third-order valence-electron chi connectivity index (χ3n) is 1.37. The van der Waals surface area contributed by atoms with Crippen molar-refractivity contribution in [2.45, 2.75) is 25.9 Å². The highest BCUT2D eigenvalue weighted by atomic mass is 16.5. The molecule has 0 aliphatic heterocycles. The Labute approximate surface area is 67.2 Å². The maximum atomic E-state index is 6.79. The number of methoxy groups -OCH3 is 1. The molecule has 0 aromatic carbocycles. The zero-order chi connectivity index (χ0) is 8.69. The van der Waals surface area contributed by atoms with Gasteiger partial charge in [0.05, 0.1) is 6.10 Å². The Bertz CT molecular complexity index is 117. The normalized spacial score (nSPS) is 12.5. The molecule has 0 saturated heterocycles. The first-order valence-electron chi connectivity index (χ1n) is 3.70. The van der Waals surface area contributed by atoms with Crippen LogP contribution in [0, 0.1) is 5.41 Å². The van der Waals surface area contributed by atoms with Crippen LogP contribution in [0.15, 0.2) is 0 Å². The number of hydrogen-bond acceptors (Lipinski definition) is 3. The van der Waals surface area contributed by atoms with Crippen LogP contribution in [0.2, 0.25) is 0 Å². The molecule has 0 aliphatic carbocycles. The van der Waals surface area contributed by atoms with Crippen LogP contribution in [0.25, 0.3) is 0 Å². The van der Waals surface area contributed by atoms with Gasteiger partial charge in [-0.15, -0.1) is 0 Å². The molecule has 66 valence electrons. The molecule has 0 aliphatic rings. The van der Waals surface area contributed by atoms with E-state index < -0.39 is 0 Å². The summed E-state index contributed by atoms with van der Waals surface area (Å²) in [5, 5.41) is 6.79. The molecule has 0 amide bonds. The Hall–Kier alpha value is -0.770. The van der Waals surface area contributed by atoms with Gasteiger partial charge in [0.1, 0.15) is 6.61 Å². The Balaban J connectivity index is 3.43. The molecule has 4 heteroatoms. The molecule has 0 fully saturated rings. The fourth-order valence-electron chi connectivity index (χ4n) is 0.774. The Morgan fingerprint density at radius 2 is 2.27 bits per heavy atom. The first-order valence-corrected chi connectivity index (χ1v) is 3.70. The Morgan fingerprint density at radius 3 is 2.64 bits per heavy atom. The van der Waals surface area contributed by atoms with Crippen molar-refractivity contribution in [2.24, 2.45) is 5.73 Å². The average molecular weight is 160 g/mol. The minimum absolute atomic E-state index is 0.0592. The summed E-state index contributed by atoms with van der Waals surface area (Å²) in [6.07, 6.45) is 2.03. The van der Waals surface area contributed by atoms with Crippen LogP contribution in [0.1, 0.15) is 19.8 Å². The van der Waals surface area contributed by atoms with Crippen molar-refractivity contribution in [2.75, 3.05) is 13.7 Å². The molecule has 0 radical (unpaired) electrons. The van der Waals surface area contributed by atoms with E-state index in [0.717, 1.165) is 12.8 Å². The third-order valence-corrected chi connectivity index (χ3v) is 1.37. The van der Waals surface area contributed by atoms with Gasteiger partial charge in [-0.2, -0.15) is 0 Å². The smallest absolute Gasteiger partial charge is 0.279 e. The standard InChI is InChI=1S/C7H16N2O2/c1-3-4-6(10-2)5-11-7(8)9/h6H,3-5H2,1-2H3,(H3,8,9). The van der Waals surface area contributed by atoms with Crippen molar-refractivity contribution in [3.63, 3.8) is 0 Å². The molecule has 0 spiro atoms. The van der Waals surface area contributed by atoms with Crippen LogP contribution in [0.5, 0.6) is 0 Å². The van der Waals surface area contributed by atoms with Gasteiger partial charge in [0.25, 0.3) is 6.02 Å². The number of hydrogen-bond donors (Lipinski definition) is 2. The van der Waals surface area contributed by atoms with Crippen molar-refractivity contribution in [1.29, 1.82) is 5.41 Å². The van der Waals surface area contributed by atoms with Gasteiger partial charge in [0, 0.05) is 7.11 Å². The largest absolute Gasteiger partial charge is 0.463 e. The quantitative estimate of drug-likeness (QED) is 0.459. The van der Waals surface area contributed by atoms with Crippen LogP contribution >= 0.6 is 0 Å². The minimum Gasteiger partial charge on any atom is -0.463 e. The topological polar surface area (TPSA) is 68.3 Å². The summed E-state index contributed by atoms with van der Waals surface area (Å²) in [4.78, 5) is 0. The molecule has 3 N–H and O–H groups in total. The lowest BCUT2D eigenvalue weighted by Crippen LogP contribution is -2.24. The number of amidine groups is 1. The summed E-state index contributed by atoms with van der Waals surface area (Å²) in [5.74, 6) is 0. The monoisotopic (exact) mass is 160 g/mol. The van der Waals surface area contributed by atoms with E-state index in [1.807, 2.05) is 0 Å². The van der Waals surface area contributed by atoms with E-state index in [-0.39, 0.29) is 12.1 Å². The van der Waals surface area contributed by atoms with E-state index >= 15 is 0 Å². The van der Waals surface area contributed by atoms with E-state index in [2.05, 4.69) is 6.92 Å². The molecular weight excluding hydrogens is 144 g/mol. The minimum atomic E-state index is -0.247. The second kappa shape index (κ2) is 5.97. The van der Waals surface area contributed by atoms with Crippen molar-refractivity contribution in [1.82, 2.24) is 0 Å². The highest BCUT2D eigenvalue weighted by Crippen LogP contribution is 2.00. The maximum Gasteiger partial charge on any atom is 0.279 e. The summed E-state index contributed by atoms with van der Waals surface area (Å²) in [5.41, 5.74) is 5.00. The second-order valence-corrected chi connectivity index (χ2v) is 2.32. The molecule has 4 nitrogen and oxygen atoms in total. The van der Waals surface area contributed by atoms with Gasteiger partial charge in [-0.3, -0.25) is 5.41 Å². The average Bonchev–Trinajstić information content (AvgIpc) is 1.97. The first kappa shape index (κ1) is 10.2. The van der Waals surface area contributed by atoms with Crippen LogP contribution in [-0.4, -0.2) is 25.8 Å². The van der Waals surface area contributed by atoms with Gasteiger partial charge in [0.2, 0.25) is 0 Å². The van der Waals surface area contributed by atoms with E-state index in [1.165, 1.54) is 0 Å². The summed E-state index contributed by atoms with van der Waals surface area (Å²) in [6, 6.07) is -0.247. The molecule has 0 aromatic rings. The van der Waals surface area contributed by atoms with Gasteiger partial charge in [-0.25, -0.2) is 0 Å². The molecule has 0 saturated carbocycles. The SMILES string of the molecule is CCCC(COC(=N)N)OC. The van der Waals surface area contributed by atoms with Crippen molar-refractivity contribution in [3.05, 3.63) is 0 Å². The summed E-state index contributed by atoms with van der Waals surface area (Å²) in [7, 11) is 1.63. The molecule has 11 heavy (non-hydrogen) atoms. The van der Waals surface area contributed by atoms with Gasteiger partial charge in [-0.05, 0) is 6.42 Å². The fraction of sp³-hybridized carbons (Fsp3) is 0.857. The second-order valence-electron chi connectivity index (χ2n) is 2.32. The summed E-state index contributed by atoms with van der Waals surface area (Å²) >= 11 is 0. The zero-order valence-corrected chi connectivity index (χ0v) is 7.09. The van der Waals surface area contributed by atoms with Crippen LogP contribution in [0.3, 0.4) is 0 Å². The molecule has 0 heterocycles. The first-order chi connectivity index (χ1) is 5.20. The highest BCUT2D eigenvalue weighted by molar-refractivity contribution is 5.67. The lowest BCUT2D eigenvalue weighted by Gasteiger charge is -2.13. The highest BCUT2D eigenvalue weighted by Gasteiger charge is 2.06. The molecule has 1 atom stereocenters. The maximum absolute atomic E-state index is 6.79. The van der Waals surface area contributed by atoms with Crippen molar-refractivity contribution < 1.29 is 9.47 Å². The van der Waals surface area contributed by atoms with Crippen molar-refractivity contribution in [3.8, 4) is 0 Å². The third kappa shape index (κ3) is 5.66. The van der Waals surface area contributed by atoms with E-state index in [0.29, 0.717) is 6.61 Å². The predicted molar refractivity (Wildman–Crippen MR) is 43.6 cm³/mol. The Morgan fingerprint density at radius 1 is 1.64 bits per heavy atom. The van der Waals surface area contributed by atoms with Crippen LogP contribution in [0.4, 0.5) is 0 Å². The van der Waals surface area contributed by atoms with Crippen molar-refractivity contribution >= 4 is 6.02 Å². The lowest BCUT2D eigenvalue weighted by molar-refractivity contribution is 0.0465.